The summed E-state index contributed by atoms with van der Waals surface area (Å²) in [6.07, 6.45) is 7.73. The zero-order chi connectivity index (χ0) is 18.9. The Balaban J connectivity index is 1.59. The third kappa shape index (κ3) is 3.22. The zero-order valence-corrected chi connectivity index (χ0v) is 15.7. The molecule has 8 heteroatoms. The first-order valence-corrected chi connectivity index (χ1v) is 9.58. The molecule has 0 amide bonds. The van der Waals surface area contributed by atoms with Crippen molar-refractivity contribution in [3.05, 3.63) is 48.7 Å². The van der Waals surface area contributed by atoms with E-state index < -0.39 is 0 Å². The fourth-order valence-corrected chi connectivity index (χ4v) is 3.71. The Morgan fingerprint density at radius 1 is 1.14 bits per heavy atom. The average molecular weight is 374 g/mol. The molecule has 4 aromatic rings. The molecular weight excluding hydrogens is 352 g/mol. The van der Waals surface area contributed by atoms with Gasteiger partial charge in [-0.3, -0.25) is 0 Å². The Bertz CT molecular complexity index is 1090. The SMILES string of the molecule is Cc1nc(-c2cc(NC3CCNCC3)nc3[nH]ccc23)cc(-n2cccn2)n1. The molecule has 1 aliphatic heterocycles. The number of hydrogen-bond donors (Lipinski definition) is 3. The normalized spacial score (nSPS) is 15.2. The predicted octanol–water partition coefficient (Wildman–Crippen LogP) is 2.68. The number of pyridine rings is 1. The number of rotatable bonds is 4. The molecule has 5 heterocycles. The maximum Gasteiger partial charge on any atom is 0.157 e. The van der Waals surface area contributed by atoms with Crippen LogP contribution in [0.2, 0.25) is 0 Å². The standard InChI is InChI=1S/C20H22N8/c1-13-24-17(12-19(25-13)28-10-2-6-23-28)16-11-18(26-14-3-7-21-8-4-14)27-20-15(16)5-9-22-20/h2,5-6,9-12,14,21H,3-4,7-8H2,1H3,(H2,22,26,27). The smallest absolute Gasteiger partial charge is 0.157 e. The summed E-state index contributed by atoms with van der Waals surface area (Å²) < 4.78 is 1.75. The summed E-state index contributed by atoms with van der Waals surface area (Å²) >= 11 is 0. The highest BCUT2D eigenvalue weighted by Crippen LogP contribution is 2.30. The number of aryl methyl sites for hydroxylation is 1. The summed E-state index contributed by atoms with van der Waals surface area (Å²) in [5, 5.41) is 12.3. The molecule has 0 aliphatic carbocycles. The van der Waals surface area contributed by atoms with Gasteiger partial charge in [-0.05, 0) is 51.1 Å². The van der Waals surface area contributed by atoms with E-state index in [1.807, 2.05) is 37.5 Å². The van der Waals surface area contributed by atoms with Crippen LogP contribution in [0.1, 0.15) is 18.7 Å². The van der Waals surface area contributed by atoms with E-state index in [2.05, 4.69) is 31.8 Å². The third-order valence-electron chi connectivity index (χ3n) is 5.06. The quantitative estimate of drug-likeness (QED) is 0.508. The number of aromatic amines is 1. The number of fused-ring (bicyclic) bond motifs is 1. The number of piperidine rings is 1. The number of nitrogens with zero attached hydrogens (tertiary/aromatic N) is 5. The molecule has 142 valence electrons. The van der Waals surface area contributed by atoms with Crippen LogP contribution in [0.5, 0.6) is 0 Å². The molecule has 0 spiro atoms. The first-order valence-electron chi connectivity index (χ1n) is 9.58. The Hall–Kier alpha value is -3.26. The van der Waals surface area contributed by atoms with Gasteiger partial charge in [0.1, 0.15) is 17.3 Å². The maximum absolute atomic E-state index is 4.76. The van der Waals surface area contributed by atoms with E-state index in [-0.39, 0.29) is 0 Å². The minimum atomic E-state index is 0.431. The summed E-state index contributed by atoms with van der Waals surface area (Å²) in [4.78, 5) is 17.2. The number of nitrogens with one attached hydrogen (secondary N) is 3. The summed E-state index contributed by atoms with van der Waals surface area (Å²) in [5.41, 5.74) is 2.74. The lowest BCUT2D eigenvalue weighted by Crippen LogP contribution is -2.35. The van der Waals surface area contributed by atoms with Crippen LogP contribution in [0.3, 0.4) is 0 Å². The monoisotopic (exact) mass is 374 g/mol. The molecule has 8 nitrogen and oxygen atoms in total. The van der Waals surface area contributed by atoms with Crippen molar-refractivity contribution in [1.29, 1.82) is 0 Å². The van der Waals surface area contributed by atoms with Crippen LogP contribution in [-0.4, -0.2) is 48.8 Å². The molecule has 1 saturated heterocycles. The molecule has 5 rings (SSSR count). The lowest BCUT2D eigenvalue weighted by molar-refractivity contribution is 0.478. The minimum Gasteiger partial charge on any atom is -0.367 e. The zero-order valence-electron chi connectivity index (χ0n) is 15.7. The molecule has 0 radical (unpaired) electrons. The third-order valence-corrected chi connectivity index (χ3v) is 5.06. The molecule has 28 heavy (non-hydrogen) atoms. The van der Waals surface area contributed by atoms with Crippen molar-refractivity contribution in [1.82, 2.24) is 35.0 Å². The van der Waals surface area contributed by atoms with Crippen molar-refractivity contribution in [3.8, 4) is 17.1 Å². The lowest BCUT2D eigenvalue weighted by Gasteiger charge is -2.24. The van der Waals surface area contributed by atoms with Gasteiger partial charge in [0.05, 0.1) is 5.69 Å². The molecule has 4 aromatic heterocycles. The van der Waals surface area contributed by atoms with E-state index >= 15 is 0 Å². The van der Waals surface area contributed by atoms with Crippen LogP contribution < -0.4 is 10.6 Å². The molecule has 0 aromatic carbocycles. The van der Waals surface area contributed by atoms with Crippen LogP contribution >= 0.6 is 0 Å². The molecule has 0 bridgehead atoms. The van der Waals surface area contributed by atoms with Gasteiger partial charge in [0.2, 0.25) is 0 Å². The van der Waals surface area contributed by atoms with Crippen molar-refractivity contribution < 1.29 is 0 Å². The highest BCUT2D eigenvalue weighted by Gasteiger charge is 2.16. The molecule has 3 N–H and O–H groups in total. The molecule has 0 unspecified atom stereocenters. The Morgan fingerprint density at radius 3 is 2.86 bits per heavy atom. The highest BCUT2D eigenvalue weighted by atomic mass is 15.3. The summed E-state index contributed by atoms with van der Waals surface area (Å²) in [6, 6.07) is 8.41. The number of H-pyrrole nitrogens is 1. The maximum atomic E-state index is 4.76. The average Bonchev–Trinajstić information content (AvgIpc) is 3.40. The van der Waals surface area contributed by atoms with Crippen molar-refractivity contribution >= 4 is 16.9 Å². The summed E-state index contributed by atoms with van der Waals surface area (Å²) in [7, 11) is 0. The number of aromatic nitrogens is 6. The fourth-order valence-electron chi connectivity index (χ4n) is 3.71. The van der Waals surface area contributed by atoms with Gasteiger partial charge < -0.3 is 15.6 Å². The Kier molecular flexibility index (Phi) is 4.25. The van der Waals surface area contributed by atoms with Crippen LogP contribution in [0.25, 0.3) is 28.1 Å². The molecule has 1 aliphatic rings. The van der Waals surface area contributed by atoms with E-state index in [1.54, 1.807) is 10.9 Å². The topological polar surface area (TPSA) is 96.3 Å². The first-order chi connectivity index (χ1) is 13.8. The van der Waals surface area contributed by atoms with Crippen LogP contribution in [0.4, 0.5) is 5.82 Å². The highest BCUT2D eigenvalue weighted by molar-refractivity contribution is 5.94. The van der Waals surface area contributed by atoms with Gasteiger partial charge in [0, 0.05) is 41.6 Å². The van der Waals surface area contributed by atoms with Gasteiger partial charge in [0.15, 0.2) is 5.82 Å². The van der Waals surface area contributed by atoms with Crippen molar-refractivity contribution in [3.63, 3.8) is 0 Å². The number of anilines is 1. The van der Waals surface area contributed by atoms with Crippen molar-refractivity contribution in [2.75, 3.05) is 18.4 Å². The second kappa shape index (κ2) is 7.05. The van der Waals surface area contributed by atoms with Crippen molar-refractivity contribution in [2.24, 2.45) is 0 Å². The lowest BCUT2D eigenvalue weighted by atomic mass is 10.1. The first kappa shape index (κ1) is 16.9. The van der Waals surface area contributed by atoms with Crippen molar-refractivity contribution in [2.45, 2.75) is 25.8 Å². The van der Waals surface area contributed by atoms with Crippen LogP contribution in [0, 0.1) is 6.92 Å². The van der Waals surface area contributed by atoms with Gasteiger partial charge >= 0.3 is 0 Å². The second-order valence-corrected chi connectivity index (χ2v) is 7.07. The van der Waals surface area contributed by atoms with E-state index in [0.717, 1.165) is 59.9 Å². The van der Waals surface area contributed by atoms with Gasteiger partial charge in [-0.2, -0.15) is 5.10 Å². The van der Waals surface area contributed by atoms with E-state index in [4.69, 9.17) is 9.97 Å². The number of hydrogen-bond acceptors (Lipinski definition) is 6. The van der Waals surface area contributed by atoms with Crippen LogP contribution in [-0.2, 0) is 0 Å². The Morgan fingerprint density at radius 2 is 2.04 bits per heavy atom. The van der Waals surface area contributed by atoms with E-state index in [0.29, 0.717) is 11.9 Å². The molecule has 0 atom stereocenters. The minimum absolute atomic E-state index is 0.431. The summed E-state index contributed by atoms with van der Waals surface area (Å²) in [5.74, 6) is 2.32. The van der Waals surface area contributed by atoms with Gasteiger partial charge in [0.25, 0.3) is 0 Å². The fraction of sp³-hybridized carbons (Fsp3) is 0.300. The van der Waals surface area contributed by atoms with Crippen LogP contribution in [0.15, 0.2) is 42.9 Å². The second-order valence-electron chi connectivity index (χ2n) is 7.07. The largest absolute Gasteiger partial charge is 0.367 e. The van der Waals surface area contributed by atoms with Gasteiger partial charge in [-0.1, -0.05) is 0 Å². The van der Waals surface area contributed by atoms with E-state index in [1.165, 1.54) is 0 Å². The molecule has 1 fully saturated rings. The van der Waals surface area contributed by atoms with Gasteiger partial charge in [-0.25, -0.2) is 19.6 Å². The van der Waals surface area contributed by atoms with E-state index in [9.17, 15) is 0 Å². The predicted molar refractivity (Wildman–Crippen MR) is 108 cm³/mol. The Labute approximate surface area is 162 Å². The van der Waals surface area contributed by atoms with Gasteiger partial charge in [-0.15, -0.1) is 0 Å². The summed E-state index contributed by atoms with van der Waals surface area (Å²) in [6.45, 7) is 3.97. The molecule has 0 saturated carbocycles. The molecular formula is C20H22N8.